The number of nitrogen functional groups attached to an aromatic ring is 1. The number of nitrogens with one attached hydrogen (secondary N) is 1. The smallest absolute Gasteiger partial charge is 0.340 e. The number of nitrogens with two attached hydrogens (primary N) is 1. The van der Waals surface area contributed by atoms with Gasteiger partial charge in [-0.1, -0.05) is 11.6 Å². The highest BCUT2D eigenvalue weighted by Gasteiger charge is 2.15. The van der Waals surface area contributed by atoms with Gasteiger partial charge in [0.2, 0.25) is 0 Å². The van der Waals surface area contributed by atoms with E-state index < -0.39 is 5.97 Å². The Morgan fingerprint density at radius 3 is 3.00 bits per heavy atom. The van der Waals surface area contributed by atoms with Crippen molar-refractivity contribution >= 4 is 28.9 Å². The molecule has 1 heterocycles. The number of ether oxygens (including phenoxy) is 2. The Hall–Kier alpha value is -1.88. The summed E-state index contributed by atoms with van der Waals surface area (Å²) in [6, 6.07) is 3.11. The molecule has 0 unspecified atom stereocenters. The van der Waals surface area contributed by atoms with Gasteiger partial charge in [-0.15, -0.1) is 0 Å². The molecule has 0 atom stereocenters. The molecule has 3 N–H and O–H groups in total. The molecule has 0 spiro atoms. The summed E-state index contributed by atoms with van der Waals surface area (Å²) in [5, 5.41) is 3.49. The monoisotopic (exact) mass is 282 g/mol. The van der Waals surface area contributed by atoms with Gasteiger partial charge >= 0.3 is 5.97 Å². The molecule has 1 aliphatic heterocycles. The maximum absolute atomic E-state index is 11.7. The minimum Gasteiger partial charge on any atom is -0.496 e. The van der Waals surface area contributed by atoms with Gasteiger partial charge in [0.15, 0.2) is 0 Å². The van der Waals surface area contributed by atoms with Gasteiger partial charge in [-0.3, -0.25) is 0 Å². The number of rotatable bonds is 4. The topological polar surface area (TPSA) is 73.6 Å². The highest BCUT2D eigenvalue weighted by Crippen LogP contribution is 2.28. The van der Waals surface area contributed by atoms with Crippen LogP contribution in [0.15, 0.2) is 24.0 Å². The summed E-state index contributed by atoms with van der Waals surface area (Å²) in [5.74, 6) is 0.385. The van der Waals surface area contributed by atoms with E-state index in [4.69, 9.17) is 26.8 Å². The molecule has 6 heteroatoms. The lowest BCUT2D eigenvalue weighted by molar-refractivity contribution is 0.0602. The fourth-order valence-electron chi connectivity index (χ4n) is 1.79. The summed E-state index contributed by atoms with van der Waals surface area (Å²) in [4.78, 5) is 11.7. The molecule has 102 valence electrons. The highest BCUT2D eigenvalue weighted by atomic mass is 35.5. The molecular weight excluding hydrogens is 268 g/mol. The summed E-state index contributed by atoms with van der Waals surface area (Å²) in [7, 11) is 1.32. The lowest BCUT2D eigenvalue weighted by Gasteiger charge is -2.13. The van der Waals surface area contributed by atoms with Crippen LogP contribution in [0.1, 0.15) is 16.8 Å². The summed E-state index contributed by atoms with van der Waals surface area (Å²) in [5.41, 5.74) is 6.96. The summed E-state index contributed by atoms with van der Waals surface area (Å²) >= 11 is 5.97. The predicted molar refractivity (Wildman–Crippen MR) is 74.3 cm³/mol. The molecule has 19 heavy (non-hydrogen) atoms. The predicted octanol–water partition coefficient (Wildman–Crippen LogP) is 2.42. The molecule has 0 fully saturated rings. The first kappa shape index (κ1) is 13.5. The first-order valence-corrected chi connectivity index (χ1v) is 6.22. The average molecular weight is 283 g/mol. The van der Waals surface area contributed by atoms with Gasteiger partial charge in [0.1, 0.15) is 5.76 Å². The maximum atomic E-state index is 11.7. The second kappa shape index (κ2) is 5.84. The Bertz CT molecular complexity index is 529. The molecule has 1 aliphatic rings. The first-order chi connectivity index (χ1) is 9.11. The number of esters is 1. The SMILES string of the molecule is COC(=O)c1cc(N)c(Cl)cc1NCC1=CCCO1. The molecule has 0 saturated heterocycles. The standard InChI is InChI=1S/C13H15ClN2O3/c1-18-13(17)9-5-11(15)10(14)6-12(9)16-7-8-3-2-4-19-8/h3,5-6,16H,2,4,7,15H2,1H3. The van der Waals surface area contributed by atoms with Crippen molar-refractivity contribution in [3.8, 4) is 0 Å². The molecule has 1 aromatic carbocycles. The Kier molecular flexibility index (Phi) is 4.16. The van der Waals surface area contributed by atoms with Gasteiger partial charge in [-0.2, -0.15) is 0 Å². The lowest BCUT2D eigenvalue weighted by atomic mass is 10.1. The zero-order valence-electron chi connectivity index (χ0n) is 10.5. The van der Waals surface area contributed by atoms with Crippen LogP contribution in [0.3, 0.4) is 0 Å². The van der Waals surface area contributed by atoms with E-state index >= 15 is 0 Å². The molecule has 0 bridgehead atoms. The lowest BCUT2D eigenvalue weighted by Crippen LogP contribution is -2.11. The van der Waals surface area contributed by atoms with Crippen molar-refractivity contribution in [2.45, 2.75) is 6.42 Å². The Labute approximate surface area is 116 Å². The van der Waals surface area contributed by atoms with Crippen molar-refractivity contribution in [1.29, 1.82) is 0 Å². The van der Waals surface area contributed by atoms with Crippen LogP contribution >= 0.6 is 11.6 Å². The molecular formula is C13H15ClN2O3. The Morgan fingerprint density at radius 1 is 1.58 bits per heavy atom. The van der Waals surface area contributed by atoms with Crippen LogP contribution < -0.4 is 11.1 Å². The van der Waals surface area contributed by atoms with E-state index in [1.165, 1.54) is 13.2 Å². The van der Waals surface area contributed by atoms with Crippen LogP contribution in [0.4, 0.5) is 11.4 Å². The second-order valence-electron chi connectivity index (χ2n) is 4.07. The molecule has 0 aromatic heterocycles. The van der Waals surface area contributed by atoms with E-state index in [2.05, 4.69) is 5.32 Å². The van der Waals surface area contributed by atoms with E-state index in [9.17, 15) is 4.79 Å². The van der Waals surface area contributed by atoms with E-state index in [1.807, 2.05) is 6.08 Å². The van der Waals surface area contributed by atoms with Crippen LogP contribution in [-0.2, 0) is 9.47 Å². The van der Waals surface area contributed by atoms with Crippen molar-refractivity contribution < 1.29 is 14.3 Å². The summed E-state index contributed by atoms with van der Waals surface area (Å²) in [6.07, 6.45) is 2.91. The number of hydrogen-bond acceptors (Lipinski definition) is 5. The zero-order chi connectivity index (χ0) is 13.8. The third kappa shape index (κ3) is 3.12. The molecule has 0 aliphatic carbocycles. The third-order valence-corrected chi connectivity index (χ3v) is 3.10. The van der Waals surface area contributed by atoms with Crippen LogP contribution in [0.5, 0.6) is 0 Å². The van der Waals surface area contributed by atoms with Crippen LogP contribution in [0.2, 0.25) is 5.02 Å². The first-order valence-electron chi connectivity index (χ1n) is 5.85. The maximum Gasteiger partial charge on any atom is 0.340 e. The minimum absolute atomic E-state index is 0.337. The fraction of sp³-hybridized carbons (Fsp3) is 0.308. The van der Waals surface area contributed by atoms with Crippen LogP contribution in [0.25, 0.3) is 0 Å². The number of benzene rings is 1. The normalized spacial score (nSPS) is 13.7. The summed E-state index contributed by atoms with van der Waals surface area (Å²) in [6.45, 7) is 1.19. The van der Waals surface area contributed by atoms with E-state index in [-0.39, 0.29) is 0 Å². The second-order valence-corrected chi connectivity index (χ2v) is 4.48. The number of carbonyl (C=O) groups excluding carboxylic acids is 1. The third-order valence-electron chi connectivity index (χ3n) is 2.77. The largest absolute Gasteiger partial charge is 0.496 e. The van der Waals surface area contributed by atoms with E-state index in [0.717, 1.165) is 12.2 Å². The van der Waals surface area contributed by atoms with Crippen molar-refractivity contribution in [3.63, 3.8) is 0 Å². The number of anilines is 2. The quantitative estimate of drug-likeness (QED) is 0.655. The summed E-state index contributed by atoms with van der Waals surface area (Å²) < 4.78 is 10.1. The van der Waals surface area contributed by atoms with E-state index in [1.54, 1.807) is 6.07 Å². The number of halogens is 1. The highest BCUT2D eigenvalue weighted by molar-refractivity contribution is 6.33. The molecule has 0 radical (unpaired) electrons. The fourth-order valence-corrected chi connectivity index (χ4v) is 1.95. The van der Waals surface area contributed by atoms with Crippen LogP contribution in [-0.4, -0.2) is 26.2 Å². The minimum atomic E-state index is -0.466. The zero-order valence-corrected chi connectivity index (χ0v) is 11.3. The molecule has 2 rings (SSSR count). The molecule has 5 nitrogen and oxygen atoms in total. The van der Waals surface area contributed by atoms with E-state index in [0.29, 0.717) is 35.1 Å². The van der Waals surface area contributed by atoms with Gasteiger partial charge in [0.25, 0.3) is 0 Å². The molecule has 0 saturated carbocycles. The van der Waals surface area contributed by atoms with Crippen LogP contribution in [0, 0.1) is 0 Å². The van der Waals surface area contributed by atoms with Gasteiger partial charge in [0, 0.05) is 6.42 Å². The number of methoxy groups -OCH3 is 1. The Balaban J connectivity index is 2.21. The van der Waals surface area contributed by atoms with Crippen molar-refractivity contribution in [1.82, 2.24) is 0 Å². The van der Waals surface area contributed by atoms with Gasteiger partial charge in [-0.05, 0) is 18.2 Å². The van der Waals surface area contributed by atoms with Crippen molar-refractivity contribution in [2.24, 2.45) is 0 Å². The molecule has 0 amide bonds. The number of hydrogen-bond donors (Lipinski definition) is 2. The number of carbonyl (C=O) groups is 1. The molecule has 1 aromatic rings. The van der Waals surface area contributed by atoms with Gasteiger partial charge in [-0.25, -0.2) is 4.79 Å². The Morgan fingerprint density at radius 2 is 2.37 bits per heavy atom. The van der Waals surface area contributed by atoms with Crippen molar-refractivity contribution in [2.75, 3.05) is 31.3 Å². The van der Waals surface area contributed by atoms with Crippen molar-refractivity contribution in [3.05, 3.63) is 34.6 Å². The van der Waals surface area contributed by atoms with Gasteiger partial charge < -0.3 is 20.5 Å². The average Bonchev–Trinajstić information content (AvgIpc) is 2.92. The van der Waals surface area contributed by atoms with Gasteiger partial charge in [0.05, 0.1) is 42.2 Å².